The van der Waals surface area contributed by atoms with Crippen LogP contribution in [0.3, 0.4) is 0 Å². The van der Waals surface area contributed by atoms with Crippen molar-refractivity contribution in [3.8, 4) is 6.07 Å². The summed E-state index contributed by atoms with van der Waals surface area (Å²) in [5.41, 5.74) is 2.69. The van der Waals surface area contributed by atoms with Crippen LogP contribution in [0.15, 0.2) is 11.6 Å². The highest BCUT2D eigenvalue weighted by Gasteiger charge is 2.28. The number of carbonyl (C=O) groups is 3. The van der Waals surface area contributed by atoms with E-state index in [9.17, 15) is 19.6 Å². The maximum atomic E-state index is 12.4. The summed E-state index contributed by atoms with van der Waals surface area (Å²) in [4.78, 5) is 38.3. The molecule has 1 aliphatic rings. The highest BCUT2D eigenvalue weighted by atomic mass is 16.5. The van der Waals surface area contributed by atoms with Crippen molar-refractivity contribution in [1.82, 2.24) is 9.47 Å². The van der Waals surface area contributed by atoms with Gasteiger partial charge in [0.05, 0.1) is 12.5 Å². The summed E-state index contributed by atoms with van der Waals surface area (Å²) >= 11 is 0. The summed E-state index contributed by atoms with van der Waals surface area (Å²) in [6.07, 6.45) is 3.60. The van der Waals surface area contributed by atoms with Crippen LogP contribution in [0, 0.1) is 37.0 Å². The Kier molecular flexibility index (Phi) is 9.71. The molecule has 8 nitrogen and oxygen atoms in total. The van der Waals surface area contributed by atoms with Gasteiger partial charge in [0.25, 0.3) is 5.91 Å². The fourth-order valence-electron chi connectivity index (χ4n) is 3.92. The van der Waals surface area contributed by atoms with E-state index in [0.717, 1.165) is 29.9 Å². The van der Waals surface area contributed by atoms with Gasteiger partial charge in [0.2, 0.25) is 0 Å². The summed E-state index contributed by atoms with van der Waals surface area (Å²) < 4.78 is 12.3. The first kappa shape index (κ1) is 26.2. The van der Waals surface area contributed by atoms with E-state index in [1.807, 2.05) is 26.0 Å². The monoisotopic (exact) mass is 457 g/mol. The number of piperidine rings is 1. The van der Waals surface area contributed by atoms with Gasteiger partial charge in [-0.1, -0.05) is 13.8 Å². The lowest BCUT2D eigenvalue weighted by atomic mass is 9.97. The highest BCUT2D eigenvalue weighted by Crippen LogP contribution is 2.21. The minimum Gasteiger partial charge on any atom is -0.466 e. The third-order valence-corrected chi connectivity index (χ3v) is 5.98. The zero-order valence-electron chi connectivity index (χ0n) is 20.3. The second-order valence-electron chi connectivity index (χ2n) is 8.81. The van der Waals surface area contributed by atoms with Gasteiger partial charge < -0.3 is 18.9 Å². The van der Waals surface area contributed by atoms with Gasteiger partial charge in [-0.15, -0.1) is 0 Å². The Morgan fingerprint density at radius 3 is 2.45 bits per heavy atom. The Balaban J connectivity index is 1.94. The molecule has 0 unspecified atom stereocenters. The molecule has 1 aromatic heterocycles. The summed E-state index contributed by atoms with van der Waals surface area (Å²) in [6, 6.07) is 3.83. The predicted octanol–water partition coefficient (Wildman–Crippen LogP) is 3.40. The molecule has 8 heteroatoms. The predicted molar refractivity (Wildman–Crippen MR) is 124 cm³/mol. The van der Waals surface area contributed by atoms with E-state index in [0.29, 0.717) is 38.5 Å². The van der Waals surface area contributed by atoms with Gasteiger partial charge in [-0.2, -0.15) is 5.26 Å². The third kappa shape index (κ3) is 7.21. The first-order valence-corrected chi connectivity index (χ1v) is 11.6. The topological polar surface area (TPSA) is 102 Å². The van der Waals surface area contributed by atoms with Gasteiger partial charge in [0.1, 0.15) is 11.6 Å². The standard InChI is InChI=1S/C25H35N3O5/c1-6-32-24(30)20-8-10-27(11-9-20)23(29)16-33-25(31)22(15-26)14-21-13-18(4)28(19(21)5)12-7-17(2)3/h13-14,17,20H,6-12,16H2,1-5H3/b22-14+. The van der Waals surface area contributed by atoms with Crippen LogP contribution >= 0.6 is 0 Å². The van der Waals surface area contributed by atoms with Crippen LogP contribution in [0.5, 0.6) is 0 Å². The average Bonchev–Trinajstić information content (AvgIpc) is 3.06. The Morgan fingerprint density at radius 1 is 1.21 bits per heavy atom. The zero-order chi connectivity index (χ0) is 24.5. The van der Waals surface area contributed by atoms with E-state index in [-0.39, 0.29) is 23.4 Å². The number of nitriles is 1. The van der Waals surface area contributed by atoms with Crippen molar-refractivity contribution in [2.24, 2.45) is 11.8 Å². The molecule has 0 spiro atoms. The molecule has 0 atom stereocenters. The largest absolute Gasteiger partial charge is 0.466 e. The molecule has 2 heterocycles. The molecule has 0 aromatic carbocycles. The van der Waals surface area contributed by atoms with E-state index in [4.69, 9.17) is 9.47 Å². The van der Waals surface area contributed by atoms with Crippen LogP contribution in [0.2, 0.25) is 0 Å². The number of ether oxygens (including phenoxy) is 2. The number of hydrogen-bond donors (Lipinski definition) is 0. The quantitative estimate of drug-likeness (QED) is 0.320. The maximum absolute atomic E-state index is 12.4. The lowest BCUT2D eigenvalue weighted by Crippen LogP contribution is -2.42. The average molecular weight is 458 g/mol. The van der Waals surface area contributed by atoms with Gasteiger partial charge in [0, 0.05) is 31.0 Å². The molecule has 1 aromatic rings. The summed E-state index contributed by atoms with van der Waals surface area (Å²) in [7, 11) is 0. The van der Waals surface area contributed by atoms with E-state index < -0.39 is 12.6 Å². The minimum absolute atomic E-state index is 0.145. The summed E-state index contributed by atoms with van der Waals surface area (Å²) in [5.74, 6) is -1.02. The number of hydrogen-bond acceptors (Lipinski definition) is 6. The Labute approximate surface area is 196 Å². The molecule has 0 aliphatic carbocycles. The van der Waals surface area contributed by atoms with Crippen molar-refractivity contribution >= 4 is 23.9 Å². The number of likely N-dealkylation sites (tertiary alicyclic amines) is 1. The van der Waals surface area contributed by atoms with Gasteiger partial charge in [-0.25, -0.2) is 4.79 Å². The molecular formula is C25H35N3O5. The van der Waals surface area contributed by atoms with Gasteiger partial charge in [0.15, 0.2) is 6.61 Å². The van der Waals surface area contributed by atoms with E-state index >= 15 is 0 Å². The molecule has 0 N–H and O–H groups in total. The molecule has 180 valence electrons. The number of rotatable bonds is 9. The van der Waals surface area contributed by atoms with Gasteiger partial charge >= 0.3 is 11.9 Å². The smallest absolute Gasteiger partial charge is 0.349 e. The molecule has 0 bridgehead atoms. The summed E-state index contributed by atoms with van der Waals surface area (Å²) in [6.45, 7) is 11.6. The molecule has 0 radical (unpaired) electrons. The summed E-state index contributed by atoms with van der Waals surface area (Å²) in [5, 5.41) is 9.47. The van der Waals surface area contributed by atoms with Crippen molar-refractivity contribution in [2.75, 3.05) is 26.3 Å². The second-order valence-corrected chi connectivity index (χ2v) is 8.81. The maximum Gasteiger partial charge on any atom is 0.349 e. The number of nitrogens with zero attached hydrogens (tertiary/aromatic N) is 3. The molecule has 1 fully saturated rings. The molecule has 1 aliphatic heterocycles. The minimum atomic E-state index is -0.820. The van der Waals surface area contributed by atoms with Crippen LogP contribution in [-0.4, -0.2) is 53.6 Å². The van der Waals surface area contributed by atoms with Crippen LogP contribution in [-0.2, 0) is 30.4 Å². The van der Waals surface area contributed by atoms with Crippen LogP contribution < -0.4 is 0 Å². The Morgan fingerprint density at radius 2 is 1.88 bits per heavy atom. The highest BCUT2D eigenvalue weighted by molar-refractivity contribution is 5.99. The molecule has 1 amide bonds. The van der Waals surface area contributed by atoms with Crippen LogP contribution in [0.25, 0.3) is 6.08 Å². The van der Waals surface area contributed by atoms with E-state index in [1.165, 1.54) is 6.08 Å². The Bertz CT molecular complexity index is 931. The molecule has 0 saturated carbocycles. The number of aryl methyl sites for hydroxylation is 1. The fourth-order valence-corrected chi connectivity index (χ4v) is 3.92. The molecule has 2 rings (SSSR count). The van der Waals surface area contributed by atoms with Gasteiger partial charge in [-0.3, -0.25) is 9.59 Å². The van der Waals surface area contributed by atoms with Crippen molar-refractivity contribution < 1.29 is 23.9 Å². The van der Waals surface area contributed by atoms with Crippen molar-refractivity contribution in [3.05, 3.63) is 28.6 Å². The number of aromatic nitrogens is 1. The number of esters is 2. The molecule has 33 heavy (non-hydrogen) atoms. The Hall–Kier alpha value is -3.08. The van der Waals surface area contributed by atoms with Crippen molar-refractivity contribution in [3.63, 3.8) is 0 Å². The van der Waals surface area contributed by atoms with Crippen LogP contribution in [0.1, 0.15) is 57.0 Å². The van der Waals surface area contributed by atoms with Gasteiger partial charge in [-0.05, 0) is 63.7 Å². The lowest BCUT2D eigenvalue weighted by Gasteiger charge is -2.30. The first-order chi connectivity index (χ1) is 15.7. The fraction of sp³-hybridized carbons (Fsp3) is 0.600. The third-order valence-electron chi connectivity index (χ3n) is 5.98. The SMILES string of the molecule is CCOC(=O)C1CCN(C(=O)COC(=O)/C(C#N)=C/c2cc(C)n(CCC(C)C)c2C)CC1. The van der Waals surface area contributed by atoms with Crippen molar-refractivity contribution in [2.45, 2.75) is 60.4 Å². The molecule has 1 saturated heterocycles. The molecular weight excluding hydrogens is 422 g/mol. The van der Waals surface area contributed by atoms with Crippen molar-refractivity contribution in [1.29, 1.82) is 5.26 Å². The normalized spacial score (nSPS) is 14.8. The van der Waals surface area contributed by atoms with E-state index in [1.54, 1.807) is 11.8 Å². The number of amides is 1. The van der Waals surface area contributed by atoms with E-state index in [2.05, 4.69) is 18.4 Å². The second kappa shape index (κ2) is 12.2. The van der Waals surface area contributed by atoms with Crippen LogP contribution in [0.4, 0.5) is 0 Å². The lowest BCUT2D eigenvalue weighted by molar-refractivity contribution is -0.153. The first-order valence-electron chi connectivity index (χ1n) is 11.6. The zero-order valence-corrected chi connectivity index (χ0v) is 20.3. The number of carbonyl (C=O) groups excluding carboxylic acids is 3.